The van der Waals surface area contributed by atoms with E-state index in [1.165, 1.54) is 58.3 Å². The number of nitrogens with one attached hydrogen (secondary N) is 1. The van der Waals surface area contributed by atoms with Gasteiger partial charge in [-0.3, -0.25) is 9.59 Å². The van der Waals surface area contributed by atoms with Gasteiger partial charge in [0.25, 0.3) is 0 Å². The maximum Gasteiger partial charge on any atom is 0.303 e. The molecule has 0 aromatic rings. The van der Waals surface area contributed by atoms with Gasteiger partial charge in [0.2, 0.25) is 0 Å². The Morgan fingerprint density at radius 1 is 1.09 bits per heavy atom. The Bertz CT molecular complexity index is 379. The molecule has 1 fully saturated rings. The highest BCUT2D eigenvalue weighted by Crippen LogP contribution is 2.27. The van der Waals surface area contributed by atoms with Crippen molar-refractivity contribution in [1.29, 1.82) is 5.41 Å². The number of ether oxygens (including phenoxy) is 1. The van der Waals surface area contributed by atoms with E-state index in [2.05, 4.69) is 6.92 Å². The molecule has 0 aliphatic heterocycles. The average Bonchev–Trinajstić information content (AvgIpc) is 2.73. The van der Waals surface area contributed by atoms with Gasteiger partial charge in [-0.25, -0.2) is 0 Å². The second-order valence-electron chi connectivity index (χ2n) is 6.43. The van der Waals surface area contributed by atoms with Crippen molar-refractivity contribution in [2.75, 3.05) is 0 Å². The summed E-state index contributed by atoms with van der Waals surface area (Å²) in [5, 5.41) is 8.00. The number of rotatable bonds is 11. The normalized spacial score (nSPS) is 21.4. The van der Waals surface area contributed by atoms with Gasteiger partial charge in [-0.15, -0.1) is 0 Å². The molecule has 0 amide bonds. The van der Waals surface area contributed by atoms with E-state index in [1.807, 2.05) is 0 Å². The first-order chi connectivity index (χ1) is 10.6. The molecule has 1 aliphatic carbocycles. The molecule has 4 heteroatoms. The number of carbonyl (C=O) groups is 2. The molecule has 2 atom stereocenters. The topological polar surface area (TPSA) is 67.2 Å². The molecule has 1 N–H and O–H groups in total. The lowest BCUT2D eigenvalue weighted by molar-refractivity contribution is -0.148. The van der Waals surface area contributed by atoms with Crippen molar-refractivity contribution in [3.05, 3.63) is 0 Å². The molecule has 1 saturated carbocycles. The molecule has 0 bridgehead atoms. The molecule has 0 radical (unpaired) electrons. The highest BCUT2D eigenvalue weighted by atomic mass is 16.5. The summed E-state index contributed by atoms with van der Waals surface area (Å²) in [5.41, 5.74) is 0.305. The van der Waals surface area contributed by atoms with Crippen LogP contribution in [0.3, 0.4) is 0 Å². The van der Waals surface area contributed by atoms with Crippen LogP contribution >= 0.6 is 0 Å². The van der Waals surface area contributed by atoms with Crippen LogP contribution in [0, 0.1) is 11.3 Å². The fourth-order valence-corrected chi connectivity index (χ4v) is 3.10. The van der Waals surface area contributed by atoms with Crippen LogP contribution in [0.2, 0.25) is 0 Å². The maximum absolute atomic E-state index is 11.8. The third-order valence-corrected chi connectivity index (χ3v) is 4.40. The van der Waals surface area contributed by atoms with E-state index in [0.717, 1.165) is 12.8 Å². The van der Waals surface area contributed by atoms with Gasteiger partial charge in [0.15, 0.2) is 11.9 Å². The third-order valence-electron chi connectivity index (χ3n) is 4.40. The van der Waals surface area contributed by atoms with Crippen molar-refractivity contribution in [2.45, 2.75) is 90.6 Å². The molecule has 0 saturated heterocycles. The zero-order valence-corrected chi connectivity index (χ0v) is 14.2. The SMILES string of the molecule is CCCCCCCCCCCC1CC(=O)C(OC(C)=O)C1=N. The molecule has 1 aliphatic rings. The second-order valence-corrected chi connectivity index (χ2v) is 6.43. The van der Waals surface area contributed by atoms with E-state index in [1.54, 1.807) is 0 Å². The molecule has 126 valence electrons. The first kappa shape index (κ1) is 18.9. The maximum atomic E-state index is 11.8. The second kappa shape index (κ2) is 10.5. The van der Waals surface area contributed by atoms with Gasteiger partial charge in [0.1, 0.15) is 0 Å². The first-order valence-electron chi connectivity index (χ1n) is 8.84. The smallest absolute Gasteiger partial charge is 0.303 e. The van der Waals surface area contributed by atoms with E-state index in [0.29, 0.717) is 12.1 Å². The van der Waals surface area contributed by atoms with E-state index >= 15 is 0 Å². The molecule has 0 aromatic carbocycles. The highest BCUT2D eigenvalue weighted by Gasteiger charge is 2.39. The number of ketones is 1. The quantitative estimate of drug-likeness (QED) is 0.453. The van der Waals surface area contributed by atoms with Crippen LogP contribution in [0.15, 0.2) is 0 Å². The molecule has 0 heterocycles. The van der Waals surface area contributed by atoms with Crippen LogP contribution in [0.4, 0.5) is 0 Å². The largest absolute Gasteiger partial charge is 0.448 e. The number of hydrogen-bond acceptors (Lipinski definition) is 4. The van der Waals surface area contributed by atoms with Crippen LogP contribution in [-0.2, 0) is 14.3 Å². The third kappa shape index (κ3) is 6.71. The van der Waals surface area contributed by atoms with Gasteiger partial charge in [-0.05, 0) is 6.42 Å². The first-order valence-corrected chi connectivity index (χ1v) is 8.84. The Kier molecular flexibility index (Phi) is 9.02. The monoisotopic (exact) mass is 309 g/mol. The van der Waals surface area contributed by atoms with E-state index in [4.69, 9.17) is 10.1 Å². The lowest BCUT2D eigenvalue weighted by Crippen LogP contribution is -2.28. The summed E-state index contributed by atoms with van der Waals surface area (Å²) in [6.45, 7) is 3.52. The predicted octanol–water partition coefficient (Wildman–Crippen LogP) is 4.45. The van der Waals surface area contributed by atoms with E-state index in [9.17, 15) is 9.59 Å². The summed E-state index contributed by atoms with van der Waals surface area (Å²) in [6, 6.07) is 0. The van der Waals surface area contributed by atoms with Crippen LogP contribution in [0.5, 0.6) is 0 Å². The fourth-order valence-electron chi connectivity index (χ4n) is 3.10. The molecule has 0 spiro atoms. The van der Waals surface area contributed by atoms with E-state index in [-0.39, 0.29) is 11.7 Å². The van der Waals surface area contributed by atoms with Gasteiger partial charge >= 0.3 is 5.97 Å². The van der Waals surface area contributed by atoms with Gasteiger partial charge in [-0.2, -0.15) is 0 Å². The van der Waals surface area contributed by atoms with Crippen LogP contribution < -0.4 is 0 Å². The minimum absolute atomic E-state index is 0.0126. The van der Waals surface area contributed by atoms with Gasteiger partial charge in [0, 0.05) is 19.3 Å². The minimum Gasteiger partial charge on any atom is -0.448 e. The molecular weight excluding hydrogens is 278 g/mol. The summed E-state index contributed by atoms with van der Waals surface area (Å²) in [4.78, 5) is 22.7. The van der Waals surface area contributed by atoms with Crippen LogP contribution in [-0.4, -0.2) is 23.6 Å². The van der Waals surface area contributed by atoms with Crippen molar-refractivity contribution in [2.24, 2.45) is 5.92 Å². The van der Waals surface area contributed by atoms with Crippen molar-refractivity contribution < 1.29 is 14.3 Å². The molecule has 4 nitrogen and oxygen atoms in total. The Morgan fingerprint density at radius 2 is 1.64 bits per heavy atom. The fraction of sp³-hybridized carbons (Fsp3) is 0.833. The van der Waals surface area contributed by atoms with Crippen LogP contribution in [0.25, 0.3) is 0 Å². The predicted molar refractivity (Wildman–Crippen MR) is 88.2 cm³/mol. The van der Waals surface area contributed by atoms with Gasteiger partial charge in [-0.1, -0.05) is 64.7 Å². The molecular formula is C18H31NO3. The Morgan fingerprint density at radius 3 is 2.18 bits per heavy atom. The van der Waals surface area contributed by atoms with Crippen molar-refractivity contribution in [3.63, 3.8) is 0 Å². The summed E-state index contributed by atoms with van der Waals surface area (Å²) in [5.74, 6) is -0.602. The zero-order chi connectivity index (χ0) is 16.4. The molecule has 22 heavy (non-hydrogen) atoms. The number of Topliss-reactive ketones (excluding diaryl/α,β-unsaturated/α-hetero) is 1. The number of carbonyl (C=O) groups excluding carboxylic acids is 2. The molecule has 1 rings (SSSR count). The van der Waals surface area contributed by atoms with Crippen molar-refractivity contribution in [3.8, 4) is 0 Å². The molecule has 0 aromatic heterocycles. The minimum atomic E-state index is -0.902. The lowest BCUT2D eigenvalue weighted by atomic mass is 9.97. The summed E-state index contributed by atoms with van der Waals surface area (Å²) in [6.07, 6.45) is 11.8. The standard InChI is InChI=1S/C18H31NO3/c1-3-4-5-6-7-8-9-10-11-12-15-13-16(21)18(17(15)19)22-14(2)20/h15,18-19H,3-13H2,1-2H3. The number of unbranched alkanes of at least 4 members (excludes halogenated alkanes) is 8. The summed E-state index contributed by atoms with van der Waals surface area (Å²) < 4.78 is 4.94. The molecule has 2 unspecified atom stereocenters. The Balaban J connectivity index is 2.09. The summed E-state index contributed by atoms with van der Waals surface area (Å²) >= 11 is 0. The lowest BCUT2D eigenvalue weighted by Gasteiger charge is -2.12. The zero-order valence-electron chi connectivity index (χ0n) is 14.2. The average molecular weight is 309 g/mol. The van der Waals surface area contributed by atoms with Gasteiger partial charge in [0.05, 0.1) is 5.71 Å². The summed E-state index contributed by atoms with van der Waals surface area (Å²) in [7, 11) is 0. The van der Waals surface area contributed by atoms with E-state index < -0.39 is 12.1 Å². The van der Waals surface area contributed by atoms with Crippen molar-refractivity contribution in [1.82, 2.24) is 0 Å². The Labute approximate surface area is 134 Å². The van der Waals surface area contributed by atoms with Crippen LogP contribution in [0.1, 0.15) is 84.5 Å². The Hall–Kier alpha value is -1.19. The highest BCUT2D eigenvalue weighted by molar-refractivity contribution is 6.14. The van der Waals surface area contributed by atoms with Crippen molar-refractivity contribution >= 4 is 17.5 Å². The van der Waals surface area contributed by atoms with Gasteiger partial charge < -0.3 is 10.1 Å². The number of hydrogen-bond donors (Lipinski definition) is 1. The number of esters is 1.